The molecule has 0 amide bonds. The zero-order chi connectivity index (χ0) is 14.5. The summed E-state index contributed by atoms with van der Waals surface area (Å²) in [6.07, 6.45) is 0. The van der Waals surface area contributed by atoms with Crippen LogP contribution in [0, 0.1) is 0 Å². The molecule has 0 saturated carbocycles. The molecule has 0 bridgehead atoms. The van der Waals surface area contributed by atoms with Gasteiger partial charge in [0.15, 0.2) is 0 Å². The summed E-state index contributed by atoms with van der Waals surface area (Å²) in [5.41, 5.74) is 0. The molecule has 18 heavy (non-hydrogen) atoms. The molecule has 0 radical (unpaired) electrons. The van der Waals surface area contributed by atoms with Gasteiger partial charge in [-0.2, -0.15) is 0 Å². The standard InChI is InChI=1S/2C4H10O3.C2H6O2/c2*5-1-3-7-4-2-6;3-1-2-4/h2*5-6H,1-4H2;3-4H,1-2H2. The second-order valence-corrected chi connectivity index (χ2v) is 2.57. The normalized spacial score (nSPS) is 9.00. The van der Waals surface area contributed by atoms with Crippen LogP contribution in [-0.2, 0) is 9.47 Å². The van der Waals surface area contributed by atoms with E-state index in [1.54, 1.807) is 0 Å². The topological polar surface area (TPSA) is 140 Å². The number of aliphatic hydroxyl groups excluding tert-OH is 6. The summed E-state index contributed by atoms with van der Waals surface area (Å²) in [6.45, 7) is 1.14. The third-order valence-electron chi connectivity index (χ3n) is 1.04. The number of hydrogen-bond donors (Lipinski definition) is 6. The van der Waals surface area contributed by atoms with E-state index in [0.717, 1.165) is 0 Å². The summed E-state index contributed by atoms with van der Waals surface area (Å²) < 4.78 is 9.26. The second-order valence-electron chi connectivity index (χ2n) is 2.57. The van der Waals surface area contributed by atoms with Gasteiger partial charge < -0.3 is 40.1 Å². The molecule has 0 aromatic heterocycles. The van der Waals surface area contributed by atoms with Crippen molar-refractivity contribution in [3.05, 3.63) is 0 Å². The van der Waals surface area contributed by atoms with Gasteiger partial charge in [0.05, 0.1) is 66.1 Å². The first-order valence-corrected chi connectivity index (χ1v) is 5.55. The van der Waals surface area contributed by atoms with Crippen LogP contribution in [0.2, 0.25) is 0 Å². The Labute approximate surface area is 107 Å². The van der Waals surface area contributed by atoms with Crippen molar-refractivity contribution < 1.29 is 40.1 Å². The quantitative estimate of drug-likeness (QED) is 0.244. The summed E-state index contributed by atoms with van der Waals surface area (Å²) in [5, 5.41) is 47.6. The van der Waals surface area contributed by atoms with Crippen molar-refractivity contribution in [2.75, 3.05) is 66.1 Å². The highest BCUT2D eigenvalue weighted by Gasteiger charge is 1.80. The van der Waals surface area contributed by atoms with Crippen molar-refractivity contribution in [2.45, 2.75) is 0 Å². The minimum atomic E-state index is -0.125. The molecule has 0 aliphatic heterocycles. The van der Waals surface area contributed by atoms with Crippen LogP contribution in [0.5, 0.6) is 0 Å². The molecular formula is C10H26O8. The van der Waals surface area contributed by atoms with Crippen LogP contribution < -0.4 is 0 Å². The van der Waals surface area contributed by atoms with Crippen molar-refractivity contribution in [1.29, 1.82) is 0 Å². The van der Waals surface area contributed by atoms with E-state index in [0.29, 0.717) is 26.4 Å². The van der Waals surface area contributed by atoms with Crippen molar-refractivity contribution in [3.63, 3.8) is 0 Å². The molecule has 0 aromatic carbocycles. The van der Waals surface area contributed by atoms with Gasteiger partial charge in [-0.3, -0.25) is 0 Å². The highest BCUT2D eigenvalue weighted by atomic mass is 16.5. The molecule has 114 valence electrons. The van der Waals surface area contributed by atoms with E-state index in [2.05, 4.69) is 9.47 Å². The molecule has 0 atom stereocenters. The lowest BCUT2D eigenvalue weighted by atomic mass is 10.7. The maximum Gasteiger partial charge on any atom is 0.0698 e. The van der Waals surface area contributed by atoms with Crippen LogP contribution in [0.25, 0.3) is 0 Å². The molecule has 0 aliphatic rings. The third-order valence-corrected chi connectivity index (χ3v) is 1.04. The summed E-state index contributed by atoms with van der Waals surface area (Å²) in [6, 6.07) is 0. The fourth-order valence-corrected chi connectivity index (χ4v) is 0.462. The Balaban J connectivity index is -0.000000196. The molecule has 0 saturated heterocycles. The first-order valence-electron chi connectivity index (χ1n) is 5.55. The SMILES string of the molecule is OCCO.OCCOCCO.OCCOCCO. The van der Waals surface area contributed by atoms with Crippen LogP contribution in [0.3, 0.4) is 0 Å². The minimum absolute atomic E-state index is 0.0278. The van der Waals surface area contributed by atoms with Gasteiger partial charge in [-0.25, -0.2) is 0 Å². The average molecular weight is 274 g/mol. The molecule has 0 spiro atoms. The van der Waals surface area contributed by atoms with E-state index in [1.165, 1.54) is 0 Å². The van der Waals surface area contributed by atoms with E-state index in [4.69, 9.17) is 30.6 Å². The largest absolute Gasteiger partial charge is 0.394 e. The predicted molar refractivity (Wildman–Crippen MR) is 64.2 cm³/mol. The highest BCUT2D eigenvalue weighted by Crippen LogP contribution is 1.68. The molecule has 0 unspecified atom stereocenters. The number of hydrogen-bond acceptors (Lipinski definition) is 8. The van der Waals surface area contributed by atoms with Crippen LogP contribution in [-0.4, -0.2) is 96.7 Å². The Hall–Kier alpha value is -0.320. The zero-order valence-electron chi connectivity index (χ0n) is 10.6. The Morgan fingerprint density at radius 2 is 0.611 bits per heavy atom. The van der Waals surface area contributed by atoms with Crippen molar-refractivity contribution in [3.8, 4) is 0 Å². The fraction of sp³-hybridized carbons (Fsp3) is 1.00. The average Bonchev–Trinajstić information content (AvgIpc) is 2.41. The van der Waals surface area contributed by atoms with Crippen molar-refractivity contribution in [1.82, 2.24) is 0 Å². The maximum absolute atomic E-state index is 8.09. The Kier molecular flexibility index (Phi) is 38.1. The van der Waals surface area contributed by atoms with Crippen molar-refractivity contribution >= 4 is 0 Å². The Morgan fingerprint density at radius 3 is 0.722 bits per heavy atom. The Morgan fingerprint density at radius 1 is 0.389 bits per heavy atom. The van der Waals surface area contributed by atoms with Gasteiger partial charge in [-0.05, 0) is 0 Å². The fourth-order valence-electron chi connectivity index (χ4n) is 0.462. The summed E-state index contributed by atoms with van der Waals surface area (Å²) >= 11 is 0. The molecular weight excluding hydrogens is 248 g/mol. The van der Waals surface area contributed by atoms with Gasteiger partial charge in [-0.1, -0.05) is 0 Å². The van der Waals surface area contributed by atoms with E-state index >= 15 is 0 Å². The lowest BCUT2D eigenvalue weighted by molar-refractivity contribution is 0.0649. The van der Waals surface area contributed by atoms with Crippen LogP contribution in [0.1, 0.15) is 0 Å². The minimum Gasteiger partial charge on any atom is -0.394 e. The van der Waals surface area contributed by atoms with Gasteiger partial charge in [0.25, 0.3) is 0 Å². The van der Waals surface area contributed by atoms with Gasteiger partial charge in [0, 0.05) is 0 Å². The molecule has 0 heterocycles. The number of aliphatic hydroxyl groups is 6. The second kappa shape index (κ2) is 30.1. The molecule has 0 aliphatic carbocycles. The van der Waals surface area contributed by atoms with Crippen LogP contribution >= 0.6 is 0 Å². The van der Waals surface area contributed by atoms with E-state index in [1.807, 2.05) is 0 Å². The highest BCUT2D eigenvalue weighted by molar-refractivity contribution is 4.24. The van der Waals surface area contributed by atoms with Gasteiger partial charge in [0.2, 0.25) is 0 Å². The number of rotatable bonds is 9. The molecule has 0 fully saturated rings. The van der Waals surface area contributed by atoms with E-state index in [9.17, 15) is 0 Å². The predicted octanol–water partition coefficient (Wildman–Crippen LogP) is -3.05. The smallest absolute Gasteiger partial charge is 0.0698 e. The van der Waals surface area contributed by atoms with Crippen molar-refractivity contribution in [2.24, 2.45) is 0 Å². The number of ether oxygens (including phenoxy) is 2. The Bertz CT molecular complexity index is 83.9. The molecule has 0 rings (SSSR count). The monoisotopic (exact) mass is 274 g/mol. The van der Waals surface area contributed by atoms with Gasteiger partial charge in [0.1, 0.15) is 0 Å². The third kappa shape index (κ3) is 44.8. The molecule has 6 N–H and O–H groups in total. The molecule has 8 nitrogen and oxygen atoms in total. The summed E-state index contributed by atoms with van der Waals surface area (Å²) in [7, 11) is 0. The maximum atomic E-state index is 8.09. The van der Waals surface area contributed by atoms with Gasteiger partial charge in [-0.15, -0.1) is 0 Å². The van der Waals surface area contributed by atoms with Crippen LogP contribution in [0.15, 0.2) is 0 Å². The van der Waals surface area contributed by atoms with Crippen LogP contribution in [0.4, 0.5) is 0 Å². The molecule has 0 aromatic rings. The first-order chi connectivity index (χ1) is 8.74. The van der Waals surface area contributed by atoms with E-state index < -0.39 is 0 Å². The summed E-state index contributed by atoms with van der Waals surface area (Å²) in [5.74, 6) is 0. The zero-order valence-corrected chi connectivity index (χ0v) is 10.6. The van der Waals surface area contributed by atoms with E-state index in [-0.39, 0.29) is 39.6 Å². The lowest BCUT2D eigenvalue weighted by Crippen LogP contribution is -2.03. The summed E-state index contributed by atoms with van der Waals surface area (Å²) in [4.78, 5) is 0. The lowest BCUT2D eigenvalue weighted by Gasteiger charge is -1.94. The molecule has 8 heteroatoms. The first kappa shape index (κ1) is 22.8. The van der Waals surface area contributed by atoms with Gasteiger partial charge >= 0.3 is 0 Å².